The van der Waals surface area contributed by atoms with E-state index in [0.29, 0.717) is 28.9 Å². The van der Waals surface area contributed by atoms with E-state index in [1.165, 1.54) is 13.2 Å². The first-order chi connectivity index (χ1) is 20.0. The van der Waals surface area contributed by atoms with Gasteiger partial charge in [0.1, 0.15) is 34.2 Å². The summed E-state index contributed by atoms with van der Waals surface area (Å²) in [5.41, 5.74) is 0.863. The highest BCUT2D eigenvalue weighted by atomic mass is 79.9. The van der Waals surface area contributed by atoms with E-state index in [-0.39, 0.29) is 45.7 Å². The van der Waals surface area contributed by atoms with Gasteiger partial charge in [-0.1, -0.05) is 18.2 Å². The van der Waals surface area contributed by atoms with Crippen LogP contribution in [0.2, 0.25) is 0 Å². The first kappa shape index (κ1) is 34.5. The van der Waals surface area contributed by atoms with Gasteiger partial charge in [0.15, 0.2) is 12.3 Å². The number of ketones is 1. The van der Waals surface area contributed by atoms with Crippen molar-refractivity contribution in [2.75, 3.05) is 65.5 Å². The zero-order valence-corrected chi connectivity index (χ0v) is 28.1. The number of rotatable bonds is 12. The van der Waals surface area contributed by atoms with E-state index in [1.807, 2.05) is 60.9 Å². The number of benzene rings is 2. The number of thioether (sulfide) groups is 1. The summed E-state index contributed by atoms with van der Waals surface area (Å²) < 4.78 is 17.9. The molecule has 0 spiro atoms. The van der Waals surface area contributed by atoms with Gasteiger partial charge in [-0.3, -0.25) is 9.59 Å². The molecule has 2 aromatic rings. The molecule has 0 aliphatic carbocycles. The summed E-state index contributed by atoms with van der Waals surface area (Å²) in [6, 6.07) is 9.15. The standard InChI is InChI=1S/C33H42N2O6S.BrH/c1-33(2)15-14-26-28(41-33)22-29(39-5)31(32(26)38)27(36)13-10-24-8-11-25(12-9-24)40-19-7-6-18-35(3,4)23-30(37)34-16-20-42-21-17-34;/h8-15,22H,6-7,16-21,23H2,1-5H3;1H/b13-10+;. The maximum absolute atomic E-state index is 13.1. The third-order valence-corrected chi connectivity index (χ3v) is 8.36. The molecule has 0 atom stereocenters. The van der Waals surface area contributed by atoms with Crippen molar-refractivity contribution in [1.82, 2.24) is 4.90 Å². The third kappa shape index (κ3) is 9.52. The van der Waals surface area contributed by atoms with Crippen molar-refractivity contribution in [1.29, 1.82) is 0 Å². The highest BCUT2D eigenvalue weighted by molar-refractivity contribution is 7.99. The summed E-state index contributed by atoms with van der Waals surface area (Å²) in [6.07, 6.45) is 8.60. The summed E-state index contributed by atoms with van der Waals surface area (Å²) in [6.45, 7) is 7.60. The van der Waals surface area contributed by atoms with Crippen molar-refractivity contribution < 1.29 is 50.4 Å². The Kier molecular flexibility index (Phi) is 12.2. The molecular weight excluding hydrogens is 632 g/mol. The average Bonchev–Trinajstić information content (AvgIpc) is 2.95. The minimum absolute atomic E-state index is 0. The molecule has 1 fully saturated rings. The predicted molar refractivity (Wildman–Crippen MR) is 169 cm³/mol. The van der Waals surface area contributed by atoms with Gasteiger partial charge in [-0.15, -0.1) is 0 Å². The van der Waals surface area contributed by atoms with Crippen molar-refractivity contribution in [3.8, 4) is 23.0 Å². The van der Waals surface area contributed by atoms with Crippen LogP contribution in [0.15, 0.2) is 42.5 Å². The molecule has 4 rings (SSSR count). The van der Waals surface area contributed by atoms with Crippen LogP contribution in [-0.4, -0.2) is 97.3 Å². The lowest BCUT2D eigenvalue weighted by Crippen LogP contribution is -3.00. The largest absolute Gasteiger partial charge is 1.00 e. The first-order valence-corrected chi connectivity index (χ1v) is 15.6. The van der Waals surface area contributed by atoms with Gasteiger partial charge in [-0.05, 0) is 62.6 Å². The van der Waals surface area contributed by atoms with Gasteiger partial charge < -0.3 is 45.7 Å². The van der Waals surface area contributed by atoms with E-state index in [4.69, 9.17) is 14.2 Å². The first-order valence-electron chi connectivity index (χ1n) is 14.4. The molecule has 2 aromatic carbocycles. The van der Waals surface area contributed by atoms with Gasteiger partial charge in [0.2, 0.25) is 0 Å². The fourth-order valence-electron chi connectivity index (χ4n) is 5.00. The molecule has 234 valence electrons. The molecule has 0 aromatic heterocycles. The van der Waals surface area contributed by atoms with Crippen LogP contribution in [0.25, 0.3) is 12.2 Å². The van der Waals surface area contributed by atoms with Crippen LogP contribution in [0.1, 0.15) is 48.2 Å². The number of carbonyl (C=O) groups is 2. The van der Waals surface area contributed by atoms with Crippen LogP contribution >= 0.6 is 11.8 Å². The lowest BCUT2D eigenvalue weighted by Gasteiger charge is -2.33. The molecule has 8 nitrogen and oxygen atoms in total. The van der Waals surface area contributed by atoms with Crippen molar-refractivity contribution in [2.45, 2.75) is 32.3 Å². The maximum atomic E-state index is 13.1. The van der Waals surface area contributed by atoms with Gasteiger partial charge in [0.05, 0.1) is 39.9 Å². The number of allylic oxidation sites excluding steroid dienone is 1. The SMILES string of the molecule is COc1cc2c(c(O)c1C(=O)/C=C/c1ccc(OCCCC[N+](C)(C)CC(=O)N3CCSCC3)cc1)C=CC(C)(C)O2.[Br-]. The zero-order valence-electron chi connectivity index (χ0n) is 25.7. The number of halogens is 1. The summed E-state index contributed by atoms with van der Waals surface area (Å²) >= 11 is 1.91. The van der Waals surface area contributed by atoms with Crippen LogP contribution in [0.5, 0.6) is 23.0 Å². The van der Waals surface area contributed by atoms with Crippen molar-refractivity contribution >= 4 is 35.6 Å². The second-order valence-corrected chi connectivity index (χ2v) is 13.1. The van der Waals surface area contributed by atoms with E-state index in [1.54, 1.807) is 18.2 Å². The number of hydrogen-bond acceptors (Lipinski definition) is 7. The van der Waals surface area contributed by atoms with E-state index in [9.17, 15) is 14.7 Å². The number of methoxy groups -OCH3 is 1. The third-order valence-electron chi connectivity index (χ3n) is 7.42. The molecule has 1 N–H and O–H groups in total. The number of quaternary nitrogens is 1. The van der Waals surface area contributed by atoms with Crippen molar-refractivity contribution in [3.05, 3.63) is 59.2 Å². The Balaban J connectivity index is 0.00000506. The van der Waals surface area contributed by atoms with Crippen LogP contribution in [0.4, 0.5) is 0 Å². The number of unbranched alkanes of at least 4 members (excludes halogenated alkanes) is 1. The number of ether oxygens (including phenoxy) is 3. The number of nitrogens with zero attached hydrogens (tertiary/aromatic N) is 2. The molecule has 0 radical (unpaired) electrons. The number of amides is 1. The summed E-state index contributed by atoms with van der Waals surface area (Å²) in [7, 11) is 5.69. The average molecular weight is 676 g/mol. The Morgan fingerprint density at radius 3 is 2.51 bits per heavy atom. The van der Waals surface area contributed by atoms with Crippen LogP contribution in [-0.2, 0) is 4.79 Å². The minimum Gasteiger partial charge on any atom is -1.00 e. The Morgan fingerprint density at radius 2 is 1.84 bits per heavy atom. The Labute approximate surface area is 270 Å². The van der Waals surface area contributed by atoms with E-state index in [0.717, 1.165) is 55.3 Å². The summed E-state index contributed by atoms with van der Waals surface area (Å²) in [4.78, 5) is 27.7. The monoisotopic (exact) mass is 674 g/mol. The van der Waals surface area contributed by atoms with Gasteiger partial charge in [-0.2, -0.15) is 11.8 Å². The molecular formula is C33H43BrN2O6S. The Morgan fingerprint density at radius 1 is 1.14 bits per heavy atom. The highest BCUT2D eigenvalue weighted by Gasteiger charge is 2.29. The minimum atomic E-state index is -0.518. The topological polar surface area (TPSA) is 85.3 Å². The van der Waals surface area contributed by atoms with E-state index >= 15 is 0 Å². The number of phenolic OH excluding ortho intramolecular Hbond substituents is 1. The fourth-order valence-corrected chi connectivity index (χ4v) is 5.91. The molecule has 1 amide bonds. The number of aromatic hydroxyl groups is 1. The summed E-state index contributed by atoms with van der Waals surface area (Å²) in [5.74, 6) is 3.27. The molecule has 2 aliphatic rings. The van der Waals surface area contributed by atoms with Crippen LogP contribution in [0.3, 0.4) is 0 Å². The lowest BCUT2D eigenvalue weighted by molar-refractivity contribution is -0.883. The molecule has 2 heterocycles. The van der Waals surface area contributed by atoms with Gasteiger partial charge in [0, 0.05) is 30.7 Å². The fraction of sp³-hybridized carbons (Fsp3) is 0.455. The second kappa shape index (κ2) is 15.2. The lowest BCUT2D eigenvalue weighted by atomic mass is 9.97. The Hall–Kier alpha value is -2.95. The number of carbonyl (C=O) groups excluding carboxylic acids is 2. The van der Waals surface area contributed by atoms with Crippen LogP contribution in [0, 0.1) is 0 Å². The second-order valence-electron chi connectivity index (χ2n) is 11.9. The molecule has 1 saturated heterocycles. The quantitative estimate of drug-likeness (QED) is 0.160. The number of hydrogen-bond donors (Lipinski definition) is 1. The molecule has 43 heavy (non-hydrogen) atoms. The maximum Gasteiger partial charge on any atom is 0.277 e. The molecule has 10 heteroatoms. The number of fused-ring (bicyclic) bond motifs is 1. The van der Waals surface area contributed by atoms with Crippen molar-refractivity contribution in [2.24, 2.45) is 0 Å². The van der Waals surface area contributed by atoms with E-state index < -0.39 is 5.60 Å². The molecule has 0 saturated carbocycles. The zero-order chi connectivity index (χ0) is 30.3. The van der Waals surface area contributed by atoms with Crippen LogP contribution < -0.4 is 31.2 Å². The van der Waals surface area contributed by atoms with Gasteiger partial charge in [-0.25, -0.2) is 0 Å². The Bertz CT molecular complexity index is 1330. The molecule has 0 bridgehead atoms. The molecule has 2 aliphatic heterocycles. The predicted octanol–water partition coefficient (Wildman–Crippen LogP) is 2.30. The summed E-state index contributed by atoms with van der Waals surface area (Å²) in [5, 5.41) is 10.9. The number of phenols is 1. The number of likely N-dealkylation sites (N-methyl/N-ethyl adjacent to an activating group) is 1. The molecule has 0 unspecified atom stereocenters. The highest BCUT2D eigenvalue weighted by Crippen LogP contribution is 2.43. The normalized spacial score (nSPS) is 15.8. The van der Waals surface area contributed by atoms with Gasteiger partial charge >= 0.3 is 0 Å². The smallest absolute Gasteiger partial charge is 0.277 e. The van der Waals surface area contributed by atoms with Crippen molar-refractivity contribution in [3.63, 3.8) is 0 Å². The van der Waals surface area contributed by atoms with Gasteiger partial charge in [0.25, 0.3) is 5.91 Å². The van der Waals surface area contributed by atoms with E-state index in [2.05, 4.69) is 14.1 Å².